The van der Waals surface area contributed by atoms with E-state index in [4.69, 9.17) is 12.2 Å². The molecule has 0 spiro atoms. The Morgan fingerprint density at radius 3 is 2.84 bits per heavy atom. The average Bonchev–Trinajstić information content (AvgIpc) is 2.75. The molecule has 4 heteroatoms. The van der Waals surface area contributed by atoms with Gasteiger partial charge in [-0.3, -0.25) is 0 Å². The summed E-state index contributed by atoms with van der Waals surface area (Å²) in [5, 5.41) is 0.819. The lowest BCUT2D eigenvalue weighted by molar-refractivity contribution is 0.628. The third-order valence-electron chi connectivity index (χ3n) is 2.87. The first-order valence-corrected chi connectivity index (χ1v) is 6.41. The molecule has 92 valence electrons. The van der Waals surface area contributed by atoms with E-state index in [1.165, 1.54) is 23.5 Å². The van der Waals surface area contributed by atoms with Crippen LogP contribution in [0.5, 0.6) is 0 Å². The lowest BCUT2D eigenvalue weighted by Gasteiger charge is -2.02. The van der Waals surface area contributed by atoms with Gasteiger partial charge in [0.1, 0.15) is 15.5 Å². The van der Waals surface area contributed by atoms with Crippen molar-refractivity contribution in [1.29, 1.82) is 0 Å². The van der Waals surface area contributed by atoms with Crippen LogP contribution in [0.1, 0.15) is 4.88 Å². The molecule has 0 amide bonds. The second kappa shape index (κ2) is 4.38. The molecule has 0 fully saturated rings. The first-order chi connectivity index (χ1) is 9.19. The first kappa shape index (κ1) is 11.7. The maximum atomic E-state index is 13.2. The molecule has 2 heterocycles. The summed E-state index contributed by atoms with van der Waals surface area (Å²) in [7, 11) is 0. The van der Waals surface area contributed by atoms with Crippen LogP contribution in [0.3, 0.4) is 0 Å². The number of thiophene rings is 1. The lowest BCUT2D eigenvalue weighted by Crippen LogP contribution is -1.86. The number of nitrogens with zero attached hydrogens (tertiary/aromatic N) is 1. The van der Waals surface area contributed by atoms with Crippen molar-refractivity contribution in [2.45, 2.75) is 0 Å². The predicted molar refractivity (Wildman–Crippen MR) is 77.4 cm³/mol. The van der Waals surface area contributed by atoms with E-state index in [-0.39, 0.29) is 5.82 Å². The van der Waals surface area contributed by atoms with E-state index in [1.807, 2.05) is 12.1 Å². The highest BCUT2D eigenvalue weighted by Gasteiger charge is 2.10. The van der Waals surface area contributed by atoms with Gasteiger partial charge in [-0.2, -0.15) is 0 Å². The van der Waals surface area contributed by atoms with Crippen molar-refractivity contribution in [3.63, 3.8) is 0 Å². The Kier molecular flexibility index (Phi) is 2.69. The van der Waals surface area contributed by atoms with Crippen molar-refractivity contribution >= 4 is 27.2 Å². The Hall–Kier alpha value is -2.38. The van der Waals surface area contributed by atoms with Gasteiger partial charge in [-0.05, 0) is 23.8 Å². The van der Waals surface area contributed by atoms with Gasteiger partial charge in [0.25, 0.3) is 0 Å². The summed E-state index contributed by atoms with van der Waals surface area (Å²) in [5.41, 5.74) is 8.13. The van der Waals surface area contributed by atoms with Crippen LogP contribution in [-0.2, 0) is 0 Å². The van der Waals surface area contributed by atoms with Gasteiger partial charge in [0.2, 0.25) is 0 Å². The Balaban J connectivity index is 2.22. The Labute approximate surface area is 113 Å². The van der Waals surface area contributed by atoms with Gasteiger partial charge in [-0.15, -0.1) is 17.8 Å². The van der Waals surface area contributed by atoms with Crippen molar-refractivity contribution in [2.75, 3.05) is 5.73 Å². The highest BCUT2D eigenvalue weighted by atomic mass is 32.1. The molecule has 0 bridgehead atoms. The van der Waals surface area contributed by atoms with Crippen LogP contribution in [0.15, 0.2) is 36.5 Å². The summed E-state index contributed by atoms with van der Waals surface area (Å²) in [6, 6.07) is 8.26. The average molecular weight is 268 g/mol. The van der Waals surface area contributed by atoms with Crippen molar-refractivity contribution in [3.8, 4) is 23.5 Å². The smallest absolute Gasteiger partial charge is 0.126 e. The zero-order valence-electron chi connectivity index (χ0n) is 9.85. The van der Waals surface area contributed by atoms with Gasteiger partial charge in [0.15, 0.2) is 0 Å². The molecule has 0 aliphatic rings. The second-order valence-corrected chi connectivity index (χ2v) is 5.08. The lowest BCUT2D eigenvalue weighted by atomic mass is 10.1. The Morgan fingerprint density at radius 2 is 2.11 bits per heavy atom. The van der Waals surface area contributed by atoms with Crippen LogP contribution in [0, 0.1) is 18.2 Å². The van der Waals surface area contributed by atoms with Crippen LogP contribution in [0.4, 0.5) is 10.1 Å². The number of benzene rings is 1. The monoisotopic (exact) mass is 268 g/mol. The summed E-state index contributed by atoms with van der Waals surface area (Å²) in [6.45, 7) is 0. The van der Waals surface area contributed by atoms with E-state index < -0.39 is 0 Å². The number of hydrogen-bond donors (Lipinski definition) is 1. The fourth-order valence-electron chi connectivity index (χ4n) is 1.93. The van der Waals surface area contributed by atoms with Crippen molar-refractivity contribution < 1.29 is 4.39 Å². The van der Waals surface area contributed by atoms with E-state index >= 15 is 0 Å². The van der Waals surface area contributed by atoms with Crippen LogP contribution in [-0.4, -0.2) is 4.98 Å². The van der Waals surface area contributed by atoms with E-state index in [0.717, 1.165) is 21.3 Å². The van der Waals surface area contributed by atoms with E-state index in [1.54, 1.807) is 12.3 Å². The molecule has 2 N–H and O–H groups in total. The highest BCUT2D eigenvalue weighted by molar-refractivity contribution is 7.19. The number of terminal acetylenes is 1. The fourth-order valence-corrected chi connectivity index (χ4v) is 2.79. The van der Waals surface area contributed by atoms with Gasteiger partial charge in [0.05, 0.1) is 5.69 Å². The van der Waals surface area contributed by atoms with Gasteiger partial charge in [-0.25, -0.2) is 9.37 Å². The molecule has 0 aliphatic carbocycles. The summed E-state index contributed by atoms with van der Waals surface area (Å²) in [5.74, 6) is 2.27. The molecule has 3 aromatic rings. The minimum Gasteiger partial charge on any atom is -0.396 e. The first-order valence-electron chi connectivity index (χ1n) is 5.59. The molecular formula is C15H9FN2S. The molecule has 0 atom stereocenters. The molecular weight excluding hydrogens is 259 g/mol. The van der Waals surface area contributed by atoms with Crippen LogP contribution >= 0.6 is 11.3 Å². The molecule has 3 rings (SSSR count). The van der Waals surface area contributed by atoms with Crippen molar-refractivity contribution in [2.24, 2.45) is 0 Å². The van der Waals surface area contributed by atoms with Crippen LogP contribution in [0.25, 0.3) is 21.3 Å². The van der Waals surface area contributed by atoms with Crippen molar-refractivity contribution in [3.05, 3.63) is 47.2 Å². The number of fused-ring (bicyclic) bond motifs is 1. The third-order valence-corrected chi connectivity index (χ3v) is 3.93. The molecule has 2 aromatic heterocycles. The summed E-state index contributed by atoms with van der Waals surface area (Å²) < 4.78 is 13.2. The minimum absolute atomic E-state index is 0.278. The van der Waals surface area contributed by atoms with Gasteiger partial charge in [0, 0.05) is 17.1 Å². The van der Waals surface area contributed by atoms with Gasteiger partial charge >= 0.3 is 0 Å². The summed E-state index contributed by atoms with van der Waals surface area (Å²) in [4.78, 5) is 5.81. The number of aromatic nitrogens is 1. The number of pyridine rings is 1. The minimum atomic E-state index is -0.278. The Morgan fingerprint density at radius 1 is 1.26 bits per heavy atom. The standard InChI is InChI=1S/C15H9FN2S/c1-2-13-14(17)12-7-10(8-18-15(12)19-13)9-4-3-5-11(16)6-9/h1,3-8H,17H2. The molecule has 0 radical (unpaired) electrons. The quantitative estimate of drug-likeness (QED) is 0.684. The molecule has 19 heavy (non-hydrogen) atoms. The molecule has 2 nitrogen and oxygen atoms in total. The van der Waals surface area contributed by atoms with Gasteiger partial charge in [-0.1, -0.05) is 18.1 Å². The summed E-state index contributed by atoms with van der Waals surface area (Å²) in [6.07, 6.45) is 7.09. The number of hydrogen-bond acceptors (Lipinski definition) is 3. The third kappa shape index (κ3) is 1.94. The fraction of sp³-hybridized carbons (Fsp3) is 0. The zero-order valence-corrected chi connectivity index (χ0v) is 10.7. The maximum Gasteiger partial charge on any atom is 0.126 e. The maximum absolute atomic E-state index is 13.2. The van der Waals surface area contributed by atoms with Crippen LogP contribution < -0.4 is 5.73 Å². The summed E-state index contributed by atoms with van der Waals surface area (Å²) >= 11 is 1.38. The zero-order chi connectivity index (χ0) is 13.4. The molecule has 0 aliphatic heterocycles. The SMILES string of the molecule is C#Cc1sc2ncc(-c3cccc(F)c3)cc2c1N. The van der Waals surface area contributed by atoms with Gasteiger partial charge < -0.3 is 5.73 Å². The normalized spacial score (nSPS) is 10.5. The topological polar surface area (TPSA) is 38.9 Å². The largest absolute Gasteiger partial charge is 0.396 e. The molecule has 0 unspecified atom stereocenters. The van der Waals surface area contributed by atoms with Crippen LogP contribution in [0.2, 0.25) is 0 Å². The van der Waals surface area contributed by atoms with E-state index in [2.05, 4.69) is 10.9 Å². The number of rotatable bonds is 1. The van der Waals surface area contributed by atoms with E-state index in [9.17, 15) is 4.39 Å². The molecule has 0 saturated heterocycles. The number of nitrogen functional groups attached to an aromatic ring is 1. The second-order valence-electron chi connectivity index (χ2n) is 4.08. The van der Waals surface area contributed by atoms with Crippen molar-refractivity contribution in [1.82, 2.24) is 4.98 Å². The van der Waals surface area contributed by atoms with E-state index in [0.29, 0.717) is 10.6 Å². The number of nitrogens with two attached hydrogens (primary N) is 1. The Bertz CT molecular complexity index is 815. The number of anilines is 1. The number of halogens is 1. The predicted octanol–water partition coefficient (Wildman–Crippen LogP) is 3.67. The highest BCUT2D eigenvalue weighted by Crippen LogP contribution is 2.34. The molecule has 0 saturated carbocycles. The molecule has 1 aromatic carbocycles.